The van der Waals surface area contributed by atoms with Gasteiger partial charge in [0.25, 0.3) is 0 Å². The van der Waals surface area contributed by atoms with Gasteiger partial charge in [-0.05, 0) is 74.5 Å². The maximum Gasteiger partial charge on any atom is 0.167 e. The Hall–Kier alpha value is -2.56. The molecule has 0 atom stereocenters. The minimum atomic E-state index is 0.232. The molecule has 2 heterocycles. The second kappa shape index (κ2) is 6.48. The lowest BCUT2D eigenvalue weighted by atomic mass is 9.49. The predicted molar refractivity (Wildman–Crippen MR) is 110 cm³/mol. The Morgan fingerprint density at radius 3 is 2.31 bits per heavy atom. The van der Waals surface area contributed by atoms with E-state index in [0.29, 0.717) is 6.61 Å². The molecule has 5 heteroatoms. The van der Waals surface area contributed by atoms with Gasteiger partial charge in [0.15, 0.2) is 17.1 Å². The number of aromatic nitrogens is 3. The zero-order chi connectivity index (χ0) is 19.4. The Bertz CT molecular complexity index is 1020. The summed E-state index contributed by atoms with van der Waals surface area (Å²) in [5.41, 5.74) is 2.21. The molecule has 4 bridgehead atoms. The van der Waals surface area contributed by atoms with Crippen molar-refractivity contribution in [3.05, 3.63) is 54.0 Å². The number of pyridine rings is 1. The second-order valence-corrected chi connectivity index (χ2v) is 9.39. The van der Waals surface area contributed by atoms with E-state index in [1.54, 1.807) is 7.11 Å². The van der Waals surface area contributed by atoms with Crippen LogP contribution in [0.2, 0.25) is 0 Å². The van der Waals surface area contributed by atoms with Crippen LogP contribution in [0.5, 0.6) is 11.5 Å². The monoisotopic (exact) mass is 389 g/mol. The first-order valence-corrected chi connectivity index (χ1v) is 10.8. The van der Waals surface area contributed by atoms with E-state index in [2.05, 4.69) is 27.8 Å². The summed E-state index contributed by atoms with van der Waals surface area (Å²) >= 11 is 0. The van der Waals surface area contributed by atoms with Gasteiger partial charge < -0.3 is 9.47 Å². The highest BCUT2D eigenvalue weighted by Gasteiger charge is 2.53. The van der Waals surface area contributed by atoms with Crippen molar-refractivity contribution in [3.8, 4) is 11.5 Å². The quantitative estimate of drug-likeness (QED) is 0.630. The first-order valence-electron chi connectivity index (χ1n) is 10.8. The minimum Gasteiger partial charge on any atom is -0.493 e. The summed E-state index contributed by atoms with van der Waals surface area (Å²) in [6.07, 6.45) is 10.3. The average Bonchev–Trinajstić information content (AvgIpc) is 3.17. The van der Waals surface area contributed by atoms with Crippen molar-refractivity contribution in [1.82, 2.24) is 14.6 Å². The summed E-state index contributed by atoms with van der Waals surface area (Å²) < 4.78 is 13.7. The zero-order valence-corrected chi connectivity index (χ0v) is 16.9. The van der Waals surface area contributed by atoms with Gasteiger partial charge in [0, 0.05) is 17.2 Å². The smallest absolute Gasteiger partial charge is 0.167 e. The summed E-state index contributed by atoms with van der Waals surface area (Å²) in [5, 5.41) is 9.40. The lowest BCUT2D eigenvalue weighted by Crippen LogP contribution is -2.49. The van der Waals surface area contributed by atoms with Crippen LogP contribution >= 0.6 is 0 Å². The Balaban J connectivity index is 1.33. The summed E-state index contributed by atoms with van der Waals surface area (Å²) in [7, 11) is 1.67. The van der Waals surface area contributed by atoms with Gasteiger partial charge in [0.2, 0.25) is 0 Å². The molecule has 0 saturated heterocycles. The summed E-state index contributed by atoms with van der Waals surface area (Å²) in [4.78, 5) is 0. The molecule has 29 heavy (non-hydrogen) atoms. The molecule has 0 amide bonds. The summed E-state index contributed by atoms with van der Waals surface area (Å²) in [5.74, 6) is 5.36. The van der Waals surface area contributed by atoms with Crippen LogP contribution in [0.1, 0.15) is 49.9 Å². The van der Waals surface area contributed by atoms with E-state index in [4.69, 9.17) is 14.6 Å². The van der Waals surface area contributed by atoms with Crippen molar-refractivity contribution in [2.24, 2.45) is 17.8 Å². The van der Waals surface area contributed by atoms with Crippen LogP contribution in [0.3, 0.4) is 0 Å². The molecule has 150 valence electrons. The number of benzene rings is 1. The molecule has 7 rings (SSSR count). The van der Waals surface area contributed by atoms with Crippen LogP contribution in [0.4, 0.5) is 0 Å². The van der Waals surface area contributed by atoms with Gasteiger partial charge in [-0.1, -0.05) is 18.2 Å². The van der Waals surface area contributed by atoms with E-state index in [-0.39, 0.29) is 5.41 Å². The lowest BCUT2D eigenvalue weighted by Gasteiger charge is -2.55. The highest BCUT2D eigenvalue weighted by atomic mass is 16.5. The number of nitrogens with zero attached hydrogens (tertiary/aromatic N) is 3. The second-order valence-electron chi connectivity index (χ2n) is 9.39. The molecule has 4 saturated carbocycles. The van der Waals surface area contributed by atoms with Crippen molar-refractivity contribution in [3.63, 3.8) is 0 Å². The Labute approximate surface area is 171 Å². The van der Waals surface area contributed by atoms with Crippen LogP contribution in [0.25, 0.3) is 5.65 Å². The van der Waals surface area contributed by atoms with Crippen molar-refractivity contribution < 1.29 is 9.47 Å². The zero-order valence-electron chi connectivity index (χ0n) is 16.9. The number of hydrogen-bond donors (Lipinski definition) is 0. The number of methoxy groups -OCH3 is 1. The molecule has 5 nitrogen and oxygen atoms in total. The molecule has 4 aliphatic rings. The standard InChI is InChI=1S/C24H27N3O2/c1-28-20-6-2-3-7-21(20)29-15-19-5-4-8-27-22(19)25-26-23(27)24-12-16-9-17(13-24)11-18(10-16)14-24/h2-8,16-18H,9-15H2,1H3. The van der Waals surface area contributed by atoms with Crippen molar-refractivity contribution >= 4 is 5.65 Å². The van der Waals surface area contributed by atoms with Gasteiger partial charge in [0.05, 0.1) is 7.11 Å². The molecule has 0 unspecified atom stereocenters. The highest BCUT2D eigenvalue weighted by molar-refractivity contribution is 5.49. The Kier molecular flexibility index (Phi) is 3.87. The van der Waals surface area contributed by atoms with Crippen LogP contribution in [0.15, 0.2) is 42.6 Å². The molecule has 3 aromatic rings. The Morgan fingerprint density at radius 2 is 1.62 bits per heavy atom. The first-order chi connectivity index (χ1) is 14.2. The fraction of sp³-hybridized carbons (Fsp3) is 0.500. The number of rotatable bonds is 5. The molecule has 0 aliphatic heterocycles. The first kappa shape index (κ1) is 17.3. The maximum absolute atomic E-state index is 6.07. The van der Waals surface area contributed by atoms with Gasteiger partial charge in [-0.15, -0.1) is 10.2 Å². The normalized spacial score (nSPS) is 30.0. The fourth-order valence-corrected chi connectivity index (χ4v) is 6.72. The average molecular weight is 389 g/mol. The van der Waals surface area contributed by atoms with Crippen molar-refractivity contribution in [2.75, 3.05) is 7.11 Å². The molecule has 4 fully saturated rings. The van der Waals surface area contributed by atoms with Crippen LogP contribution in [-0.4, -0.2) is 21.7 Å². The third-order valence-electron chi connectivity index (χ3n) is 7.48. The van der Waals surface area contributed by atoms with E-state index in [9.17, 15) is 0 Å². The lowest BCUT2D eigenvalue weighted by molar-refractivity contribution is -0.00984. The highest BCUT2D eigenvalue weighted by Crippen LogP contribution is 2.60. The van der Waals surface area contributed by atoms with Gasteiger partial charge in [-0.25, -0.2) is 0 Å². The van der Waals surface area contributed by atoms with Crippen LogP contribution in [-0.2, 0) is 12.0 Å². The predicted octanol–water partition coefficient (Wildman–Crippen LogP) is 4.78. The number of ether oxygens (including phenoxy) is 2. The van der Waals surface area contributed by atoms with E-state index in [0.717, 1.165) is 40.5 Å². The molecular weight excluding hydrogens is 362 g/mol. The Morgan fingerprint density at radius 1 is 0.931 bits per heavy atom. The summed E-state index contributed by atoms with van der Waals surface area (Å²) in [6.45, 7) is 0.448. The maximum atomic E-state index is 6.07. The summed E-state index contributed by atoms with van der Waals surface area (Å²) in [6, 6.07) is 11.9. The molecule has 0 spiro atoms. The largest absolute Gasteiger partial charge is 0.493 e. The van der Waals surface area contributed by atoms with Crippen LogP contribution < -0.4 is 9.47 Å². The molecule has 0 N–H and O–H groups in total. The molecule has 4 aliphatic carbocycles. The van der Waals surface area contributed by atoms with Gasteiger partial charge in [-0.2, -0.15) is 0 Å². The van der Waals surface area contributed by atoms with Gasteiger partial charge in [-0.3, -0.25) is 4.40 Å². The molecule has 2 aromatic heterocycles. The number of hydrogen-bond acceptors (Lipinski definition) is 4. The van der Waals surface area contributed by atoms with E-state index >= 15 is 0 Å². The molecular formula is C24H27N3O2. The van der Waals surface area contributed by atoms with Gasteiger partial charge >= 0.3 is 0 Å². The number of fused-ring (bicyclic) bond motifs is 1. The third-order valence-corrected chi connectivity index (χ3v) is 7.48. The van der Waals surface area contributed by atoms with Crippen molar-refractivity contribution in [1.29, 1.82) is 0 Å². The van der Waals surface area contributed by atoms with Gasteiger partial charge in [0.1, 0.15) is 12.4 Å². The SMILES string of the molecule is COc1ccccc1OCc1cccn2c(C34CC5CC(CC(C5)C3)C4)nnc12. The minimum absolute atomic E-state index is 0.232. The topological polar surface area (TPSA) is 48.7 Å². The van der Waals surface area contributed by atoms with Crippen LogP contribution in [0, 0.1) is 17.8 Å². The third kappa shape index (κ3) is 2.74. The van der Waals surface area contributed by atoms with E-state index in [1.165, 1.54) is 44.3 Å². The molecule has 1 aromatic carbocycles. The van der Waals surface area contributed by atoms with E-state index < -0.39 is 0 Å². The fourth-order valence-electron chi connectivity index (χ4n) is 6.72. The number of para-hydroxylation sites is 2. The van der Waals surface area contributed by atoms with E-state index in [1.807, 2.05) is 24.3 Å². The molecule has 0 radical (unpaired) electrons. The van der Waals surface area contributed by atoms with Crippen molar-refractivity contribution in [2.45, 2.75) is 50.5 Å².